The Labute approximate surface area is 148 Å². The zero-order chi connectivity index (χ0) is 17.9. The molecule has 1 aliphatic heterocycles. The first-order chi connectivity index (χ1) is 12.0. The summed E-state index contributed by atoms with van der Waals surface area (Å²) in [5.74, 6) is 0.973. The lowest BCUT2D eigenvalue weighted by molar-refractivity contribution is 0.405. The molecule has 6 nitrogen and oxygen atoms in total. The second kappa shape index (κ2) is 7.23. The second-order valence-electron chi connectivity index (χ2n) is 5.86. The van der Waals surface area contributed by atoms with Crippen molar-refractivity contribution in [1.29, 1.82) is 0 Å². The van der Waals surface area contributed by atoms with E-state index in [4.69, 9.17) is 9.47 Å². The molecule has 1 heterocycles. The fourth-order valence-electron chi connectivity index (χ4n) is 2.91. The summed E-state index contributed by atoms with van der Waals surface area (Å²) < 4.78 is 38.3. The van der Waals surface area contributed by atoms with Gasteiger partial charge in [-0.05, 0) is 49.2 Å². The fraction of sp³-hybridized carbons (Fsp3) is 0.333. The predicted molar refractivity (Wildman–Crippen MR) is 98.2 cm³/mol. The third-order valence-electron chi connectivity index (χ3n) is 4.27. The maximum atomic E-state index is 12.7. The van der Waals surface area contributed by atoms with Crippen LogP contribution in [0.15, 0.2) is 47.4 Å². The second-order valence-corrected chi connectivity index (χ2v) is 7.54. The lowest BCUT2D eigenvalue weighted by Crippen LogP contribution is -2.18. The number of ether oxygens (including phenoxy) is 2. The number of anilines is 2. The van der Waals surface area contributed by atoms with Crippen LogP contribution >= 0.6 is 0 Å². The lowest BCUT2D eigenvalue weighted by Gasteiger charge is -2.18. The van der Waals surface area contributed by atoms with Crippen LogP contribution in [0.3, 0.4) is 0 Å². The molecule has 1 fully saturated rings. The van der Waals surface area contributed by atoms with E-state index in [-0.39, 0.29) is 4.90 Å². The van der Waals surface area contributed by atoms with Gasteiger partial charge in [0.2, 0.25) is 0 Å². The van der Waals surface area contributed by atoms with Crippen molar-refractivity contribution in [3.05, 3.63) is 42.5 Å². The molecule has 0 bridgehead atoms. The Bertz CT molecular complexity index is 829. The van der Waals surface area contributed by atoms with E-state index < -0.39 is 10.0 Å². The molecule has 0 radical (unpaired) electrons. The smallest absolute Gasteiger partial charge is 0.262 e. The van der Waals surface area contributed by atoms with Gasteiger partial charge in [-0.2, -0.15) is 0 Å². The zero-order valence-electron chi connectivity index (χ0n) is 14.4. The highest BCUT2D eigenvalue weighted by atomic mass is 32.2. The van der Waals surface area contributed by atoms with Crippen molar-refractivity contribution in [2.75, 3.05) is 36.9 Å². The topological polar surface area (TPSA) is 67.9 Å². The minimum Gasteiger partial charge on any atom is -0.497 e. The minimum absolute atomic E-state index is 0.209. The van der Waals surface area contributed by atoms with Gasteiger partial charge in [0.15, 0.2) is 0 Å². The monoisotopic (exact) mass is 362 g/mol. The van der Waals surface area contributed by atoms with E-state index in [0.29, 0.717) is 17.2 Å². The van der Waals surface area contributed by atoms with Crippen molar-refractivity contribution in [3.63, 3.8) is 0 Å². The van der Waals surface area contributed by atoms with E-state index in [1.165, 1.54) is 27.1 Å². The number of nitrogens with zero attached hydrogens (tertiary/aromatic N) is 1. The van der Waals surface area contributed by atoms with Crippen LogP contribution in [-0.4, -0.2) is 35.7 Å². The van der Waals surface area contributed by atoms with E-state index in [2.05, 4.69) is 9.62 Å². The van der Waals surface area contributed by atoms with Crippen molar-refractivity contribution in [3.8, 4) is 11.5 Å². The van der Waals surface area contributed by atoms with Gasteiger partial charge in [0.1, 0.15) is 11.5 Å². The highest BCUT2D eigenvalue weighted by Crippen LogP contribution is 2.31. The highest BCUT2D eigenvalue weighted by Gasteiger charge is 2.18. The molecule has 1 saturated heterocycles. The Morgan fingerprint density at radius 2 is 1.64 bits per heavy atom. The SMILES string of the molecule is COc1ccc(OC)c(NS(=O)(=O)c2ccc(N3CCCC3)cc2)c1. The molecule has 0 aromatic heterocycles. The Kier molecular flexibility index (Phi) is 5.03. The molecule has 7 heteroatoms. The Balaban J connectivity index is 1.84. The van der Waals surface area contributed by atoms with E-state index in [0.717, 1.165) is 18.8 Å². The number of sulfonamides is 1. The lowest BCUT2D eigenvalue weighted by atomic mass is 10.3. The van der Waals surface area contributed by atoms with Crippen LogP contribution in [0.2, 0.25) is 0 Å². The third kappa shape index (κ3) is 3.82. The predicted octanol–water partition coefficient (Wildman–Crippen LogP) is 3.10. The fourth-order valence-corrected chi connectivity index (χ4v) is 3.97. The molecule has 1 N–H and O–H groups in total. The molecular formula is C18H22N2O4S. The van der Waals surface area contributed by atoms with Gasteiger partial charge in [0, 0.05) is 24.8 Å². The first kappa shape index (κ1) is 17.4. The quantitative estimate of drug-likeness (QED) is 0.855. The molecule has 2 aromatic rings. The zero-order valence-corrected chi connectivity index (χ0v) is 15.2. The molecule has 0 aliphatic carbocycles. The van der Waals surface area contributed by atoms with Crippen LogP contribution in [0.5, 0.6) is 11.5 Å². The largest absolute Gasteiger partial charge is 0.497 e. The van der Waals surface area contributed by atoms with E-state index in [1.807, 2.05) is 12.1 Å². The molecule has 3 rings (SSSR count). The Morgan fingerprint density at radius 3 is 2.24 bits per heavy atom. The summed E-state index contributed by atoms with van der Waals surface area (Å²) in [6, 6.07) is 11.9. The van der Waals surface area contributed by atoms with Gasteiger partial charge in [-0.3, -0.25) is 4.72 Å². The Hall–Kier alpha value is -2.41. The summed E-state index contributed by atoms with van der Waals surface area (Å²) in [4.78, 5) is 2.47. The maximum Gasteiger partial charge on any atom is 0.262 e. The average Bonchev–Trinajstić information content (AvgIpc) is 3.16. The molecule has 2 aromatic carbocycles. The number of rotatable bonds is 6. The Morgan fingerprint density at radius 1 is 0.960 bits per heavy atom. The van der Waals surface area contributed by atoms with Gasteiger partial charge in [0.05, 0.1) is 24.8 Å². The summed E-state index contributed by atoms with van der Waals surface area (Å²) in [6.45, 7) is 2.04. The van der Waals surface area contributed by atoms with Crippen molar-refractivity contribution in [2.45, 2.75) is 17.7 Å². The van der Waals surface area contributed by atoms with Gasteiger partial charge in [-0.1, -0.05) is 0 Å². The van der Waals surface area contributed by atoms with Crippen molar-refractivity contribution >= 4 is 21.4 Å². The normalized spacial score (nSPS) is 14.4. The van der Waals surface area contributed by atoms with E-state index in [9.17, 15) is 8.42 Å². The summed E-state index contributed by atoms with van der Waals surface area (Å²) in [6.07, 6.45) is 2.36. The summed E-state index contributed by atoms with van der Waals surface area (Å²) in [5.41, 5.74) is 1.39. The number of nitrogens with one attached hydrogen (secondary N) is 1. The minimum atomic E-state index is -3.72. The van der Waals surface area contributed by atoms with Crippen molar-refractivity contribution < 1.29 is 17.9 Å². The maximum absolute atomic E-state index is 12.7. The third-order valence-corrected chi connectivity index (χ3v) is 5.65. The van der Waals surface area contributed by atoms with Crippen molar-refractivity contribution in [1.82, 2.24) is 0 Å². The van der Waals surface area contributed by atoms with Crippen LogP contribution in [0.25, 0.3) is 0 Å². The molecule has 0 atom stereocenters. The van der Waals surface area contributed by atoms with E-state index in [1.54, 1.807) is 30.3 Å². The molecule has 0 spiro atoms. The number of methoxy groups -OCH3 is 2. The standard InChI is InChI=1S/C18H22N2O4S/c1-23-15-7-10-18(24-2)17(13-15)19-25(21,22)16-8-5-14(6-9-16)20-11-3-4-12-20/h5-10,13,19H,3-4,11-12H2,1-2H3. The first-order valence-electron chi connectivity index (χ1n) is 8.13. The number of benzene rings is 2. The molecule has 0 unspecified atom stereocenters. The van der Waals surface area contributed by atoms with Gasteiger partial charge in [-0.15, -0.1) is 0 Å². The van der Waals surface area contributed by atoms with Gasteiger partial charge in [-0.25, -0.2) is 8.42 Å². The van der Waals surface area contributed by atoms with Crippen LogP contribution in [0.1, 0.15) is 12.8 Å². The highest BCUT2D eigenvalue weighted by molar-refractivity contribution is 7.92. The van der Waals surface area contributed by atoms with Crippen molar-refractivity contribution in [2.24, 2.45) is 0 Å². The molecule has 25 heavy (non-hydrogen) atoms. The van der Waals surface area contributed by atoms with E-state index >= 15 is 0 Å². The molecular weight excluding hydrogens is 340 g/mol. The summed E-state index contributed by atoms with van der Waals surface area (Å²) in [7, 11) is -0.700. The van der Waals surface area contributed by atoms with Gasteiger partial charge in [0.25, 0.3) is 10.0 Å². The van der Waals surface area contributed by atoms with Crippen LogP contribution in [0, 0.1) is 0 Å². The first-order valence-corrected chi connectivity index (χ1v) is 9.61. The number of hydrogen-bond acceptors (Lipinski definition) is 5. The average molecular weight is 362 g/mol. The summed E-state index contributed by atoms with van der Waals surface area (Å²) >= 11 is 0. The molecule has 0 amide bonds. The molecule has 0 saturated carbocycles. The van der Waals surface area contributed by atoms with Gasteiger partial charge < -0.3 is 14.4 Å². The van der Waals surface area contributed by atoms with Crippen LogP contribution in [-0.2, 0) is 10.0 Å². The summed E-state index contributed by atoms with van der Waals surface area (Å²) in [5, 5.41) is 0. The van der Waals surface area contributed by atoms with Crippen LogP contribution < -0.4 is 19.1 Å². The molecule has 134 valence electrons. The van der Waals surface area contributed by atoms with Crippen LogP contribution in [0.4, 0.5) is 11.4 Å². The van der Waals surface area contributed by atoms with Gasteiger partial charge >= 0.3 is 0 Å². The molecule has 1 aliphatic rings. The number of hydrogen-bond donors (Lipinski definition) is 1.